The largest absolute Gasteiger partial charge is 0.383 e. The second-order valence-electron chi connectivity index (χ2n) is 4.98. The topological polar surface area (TPSA) is 59.6 Å². The summed E-state index contributed by atoms with van der Waals surface area (Å²) in [6, 6.07) is 8.39. The molecule has 0 aliphatic heterocycles. The van der Waals surface area contributed by atoms with Gasteiger partial charge in [-0.15, -0.1) is 0 Å². The monoisotopic (exact) mass is 281 g/mol. The van der Waals surface area contributed by atoms with E-state index in [2.05, 4.69) is 22.4 Å². The minimum absolute atomic E-state index is 0.168. The highest BCUT2D eigenvalue weighted by molar-refractivity contribution is 6.30. The van der Waals surface area contributed by atoms with Gasteiger partial charge in [-0.2, -0.15) is 0 Å². The standard InChI is InChI=1S/C14H20ClN3O/c1-9(8-19-2)17-14(16)18-13-7-12(13)10-3-5-11(15)6-4-10/h3-6,9,12-13H,7-8H2,1-2H3,(H3,16,17,18)/t9?,12-,13+/m0/s1. The molecule has 19 heavy (non-hydrogen) atoms. The Hall–Kier alpha value is -1.26. The van der Waals surface area contributed by atoms with Crippen LogP contribution in [0.1, 0.15) is 24.8 Å². The third-order valence-electron chi connectivity index (χ3n) is 3.17. The van der Waals surface area contributed by atoms with Crippen molar-refractivity contribution in [1.29, 1.82) is 0 Å². The Balaban J connectivity index is 1.87. The SMILES string of the molecule is COCC(C)NC(N)=N[C@@H]1C[C@H]1c1ccc(Cl)cc1. The number of guanidine groups is 1. The van der Waals surface area contributed by atoms with Gasteiger partial charge in [0.15, 0.2) is 5.96 Å². The van der Waals surface area contributed by atoms with Crippen molar-refractivity contribution in [3.05, 3.63) is 34.9 Å². The van der Waals surface area contributed by atoms with Crippen molar-refractivity contribution < 1.29 is 4.74 Å². The third-order valence-corrected chi connectivity index (χ3v) is 3.42. The van der Waals surface area contributed by atoms with E-state index in [0.717, 1.165) is 11.4 Å². The highest BCUT2D eigenvalue weighted by Crippen LogP contribution is 2.43. The first-order chi connectivity index (χ1) is 9.10. The van der Waals surface area contributed by atoms with Gasteiger partial charge in [-0.1, -0.05) is 23.7 Å². The zero-order valence-corrected chi connectivity index (χ0v) is 12.0. The van der Waals surface area contributed by atoms with Crippen LogP contribution in [0.25, 0.3) is 0 Å². The van der Waals surface area contributed by atoms with Crippen LogP contribution in [0.4, 0.5) is 0 Å². The van der Waals surface area contributed by atoms with Crippen LogP contribution in [0.2, 0.25) is 5.02 Å². The molecule has 0 saturated heterocycles. The highest BCUT2D eigenvalue weighted by Gasteiger charge is 2.38. The smallest absolute Gasteiger partial charge is 0.189 e. The van der Waals surface area contributed by atoms with Gasteiger partial charge in [0.1, 0.15) is 0 Å². The van der Waals surface area contributed by atoms with Gasteiger partial charge in [-0.05, 0) is 31.0 Å². The number of methoxy groups -OCH3 is 1. The fourth-order valence-corrected chi connectivity index (χ4v) is 2.28. The van der Waals surface area contributed by atoms with Gasteiger partial charge in [0.2, 0.25) is 0 Å². The van der Waals surface area contributed by atoms with Crippen LogP contribution in [0.15, 0.2) is 29.3 Å². The number of nitrogens with two attached hydrogens (primary N) is 1. The van der Waals surface area contributed by atoms with E-state index in [1.54, 1.807) is 7.11 Å². The molecule has 1 saturated carbocycles. The first kappa shape index (κ1) is 14.2. The number of halogens is 1. The molecule has 1 aromatic carbocycles. The molecule has 0 heterocycles. The molecule has 1 unspecified atom stereocenters. The molecular weight excluding hydrogens is 262 g/mol. The quantitative estimate of drug-likeness (QED) is 0.642. The molecule has 5 heteroatoms. The lowest BCUT2D eigenvalue weighted by Gasteiger charge is -2.12. The first-order valence-corrected chi connectivity index (χ1v) is 6.82. The molecule has 1 aromatic rings. The fourth-order valence-electron chi connectivity index (χ4n) is 2.15. The number of hydrogen-bond acceptors (Lipinski definition) is 2. The van der Waals surface area contributed by atoms with Gasteiger partial charge < -0.3 is 15.8 Å². The van der Waals surface area contributed by atoms with E-state index in [1.165, 1.54) is 5.56 Å². The predicted octanol–water partition coefficient (Wildman–Crippen LogP) is 2.14. The van der Waals surface area contributed by atoms with Crippen LogP contribution in [0.3, 0.4) is 0 Å². The van der Waals surface area contributed by atoms with Crippen molar-refractivity contribution in [1.82, 2.24) is 5.32 Å². The van der Waals surface area contributed by atoms with Crippen molar-refractivity contribution in [3.63, 3.8) is 0 Å². The van der Waals surface area contributed by atoms with Crippen LogP contribution in [0, 0.1) is 0 Å². The maximum Gasteiger partial charge on any atom is 0.189 e. The molecule has 0 bridgehead atoms. The fraction of sp³-hybridized carbons (Fsp3) is 0.500. The van der Waals surface area contributed by atoms with Crippen molar-refractivity contribution in [2.75, 3.05) is 13.7 Å². The van der Waals surface area contributed by atoms with Crippen LogP contribution >= 0.6 is 11.6 Å². The predicted molar refractivity (Wildman–Crippen MR) is 78.7 cm³/mol. The zero-order valence-electron chi connectivity index (χ0n) is 11.3. The summed E-state index contributed by atoms with van der Waals surface area (Å²) in [4.78, 5) is 4.49. The Kier molecular flexibility index (Phi) is 4.66. The third kappa shape index (κ3) is 4.11. The lowest BCUT2D eigenvalue weighted by Crippen LogP contribution is -2.40. The summed E-state index contributed by atoms with van der Waals surface area (Å²) in [5.41, 5.74) is 7.15. The first-order valence-electron chi connectivity index (χ1n) is 6.44. The number of nitrogens with zero attached hydrogens (tertiary/aromatic N) is 1. The van der Waals surface area contributed by atoms with Crippen LogP contribution in [-0.2, 0) is 4.74 Å². The van der Waals surface area contributed by atoms with Crippen molar-refractivity contribution in [2.24, 2.45) is 10.7 Å². The second-order valence-corrected chi connectivity index (χ2v) is 5.41. The summed E-state index contributed by atoms with van der Waals surface area (Å²) in [5, 5.41) is 3.88. The molecular formula is C14H20ClN3O. The van der Waals surface area contributed by atoms with E-state index in [9.17, 15) is 0 Å². The molecule has 1 aliphatic carbocycles. The number of ether oxygens (including phenoxy) is 1. The minimum Gasteiger partial charge on any atom is -0.383 e. The van der Waals surface area contributed by atoms with E-state index in [1.807, 2.05) is 19.1 Å². The summed E-state index contributed by atoms with van der Waals surface area (Å²) in [6.45, 7) is 2.62. The molecule has 3 N–H and O–H groups in total. The second kappa shape index (κ2) is 6.26. The summed E-state index contributed by atoms with van der Waals surface area (Å²) in [7, 11) is 1.67. The molecule has 4 nitrogen and oxygen atoms in total. The molecule has 2 rings (SSSR count). The van der Waals surface area contributed by atoms with Gasteiger partial charge >= 0.3 is 0 Å². The van der Waals surface area contributed by atoms with Gasteiger partial charge in [0.25, 0.3) is 0 Å². The molecule has 0 radical (unpaired) electrons. The van der Waals surface area contributed by atoms with Crippen molar-refractivity contribution in [3.8, 4) is 0 Å². The zero-order chi connectivity index (χ0) is 13.8. The van der Waals surface area contributed by atoms with Gasteiger partial charge in [-0.3, -0.25) is 0 Å². The maximum atomic E-state index is 5.88. The van der Waals surface area contributed by atoms with E-state index in [4.69, 9.17) is 22.1 Å². The van der Waals surface area contributed by atoms with E-state index < -0.39 is 0 Å². The molecule has 104 valence electrons. The minimum atomic E-state index is 0.168. The Morgan fingerprint density at radius 1 is 1.53 bits per heavy atom. The Morgan fingerprint density at radius 3 is 2.84 bits per heavy atom. The molecule has 0 aromatic heterocycles. The van der Waals surface area contributed by atoms with Gasteiger partial charge in [0.05, 0.1) is 12.6 Å². The summed E-state index contributed by atoms with van der Waals surface area (Å²) in [6.07, 6.45) is 1.04. The molecule has 1 aliphatic rings. The molecule has 3 atom stereocenters. The average Bonchev–Trinajstić information content (AvgIpc) is 3.09. The lowest BCUT2D eigenvalue weighted by atomic mass is 10.1. The number of aliphatic imine (C=N–C) groups is 1. The highest BCUT2D eigenvalue weighted by atomic mass is 35.5. The average molecular weight is 282 g/mol. The van der Waals surface area contributed by atoms with Crippen LogP contribution in [-0.4, -0.2) is 31.8 Å². The van der Waals surface area contributed by atoms with E-state index >= 15 is 0 Å². The van der Waals surface area contributed by atoms with Gasteiger partial charge in [0, 0.05) is 24.1 Å². The summed E-state index contributed by atoms with van der Waals surface area (Å²) < 4.78 is 5.04. The Morgan fingerprint density at radius 2 is 2.21 bits per heavy atom. The molecule has 0 spiro atoms. The van der Waals surface area contributed by atoms with Crippen LogP contribution in [0.5, 0.6) is 0 Å². The van der Waals surface area contributed by atoms with Crippen molar-refractivity contribution >= 4 is 17.6 Å². The Labute approximate surface area is 119 Å². The number of nitrogens with one attached hydrogen (secondary N) is 1. The van der Waals surface area contributed by atoms with Crippen LogP contribution < -0.4 is 11.1 Å². The molecule has 1 fully saturated rings. The molecule has 0 amide bonds. The van der Waals surface area contributed by atoms with Crippen molar-refractivity contribution in [2.45, 2.75) is 31.3 Å². The van der Waals surface area contributed by atoms with Gasteiger partial charge in [-0.25, -0.2) is 4.99 Å². The lowest BCUT2D eigenvalue weighted by molar-refractivity contribution is 0.179. The number of benzene rings is 1. The van der Waals surface area contributed by atoms with E-state index in [0.29, 0.717) is 18.5 Å². The van der Waals surface area contributed by atoms with E-state index in [-0.39, 0.29) is 12.1 Å². The normalized spacial score (nSPS) is 24.1. The number of hydrogen-bond donors (Lipinski definition) is 2. The summed E-state index contributed by atoms with van der Waals surface area (Å²) in [5.74, 6) is 0.960. The Bertz CT molecular complexity index is 447. The maximum absolute atomic E-state index is 5.88. The summed E-state index contributed by atoms with van der Waals surface area (Å²) >= 11 is 5.88. The number of rotatable bonds is 5.